The highest BCUT2D eigenvalue weighted by Gasteiger charge is 2.17. The molecule has 1 aromatic heterocycles. The Morgan fingerprint density at radius 1 is 1.24 bits per heavy atom. The standard InChI is InChI=1S/C18H27N3/c1-6-19-18(17-11-14(4)20-21(17)5)16-9-7-8-15(12-16)10-13(2)3/h7-9,11-13,18-19H,6,10H2,1-5H3. The van der Waals surface area contributed by atoms with Gasteiger partial charge in [-0.3, -0.25) is 4.68 Å². The Morgan fingerprint density at radius 3 is 2.57 bits per heavy atom. The largest absolute Gasteiger partial charge is 0.305 e. The molecule has 0 aliphatic heterocycles. The summed E-state index contributed by atoms with van der Waals surface area (Å²) in [7, 11) is 2.02. The SMILES string of the molecule is CCNC(c1cccc(CC(C)C)c1)c1cc(C)nn1C. The van der Waals surface area contributed by atoms with Crippen molar-refractivity contribution in [1.82, 2.24) is 15.1 Å². The Balaban J connectivity index is 2.36. The van der Waals surface area contributed by atoms with Crippen LogP contribution in [0.1, 0.15) is 49.3 Å². The number of nitrogens with one attached hydrogen (secondary N) is 1. The molecule has 1 aromatic carbocycles. The van der Waals surface area contributed by atoms with Gasteiger partial charge in [-0.15, -0.1) is 0 Å². The minimum Gasteiger partial charge on any atom is -0.305 e. The van der Waals surface area contributed by atoms with Gasteiger partial charge >= 0.3 is 0 Å². The molecular formula is C18H27N3. The number of benzene rings is 1. The minimum atomic E-state index is 0.202. The van der Waals surface area contributed by atoms with E-state index in [2.05, 4.69) is 61.5 Å². The summed E-state index contributed by atoms with van der Waals surface area (Å²) < 4.78 is 1.98. The fourth-order valence-corrected chi connectivity index (χ4v) is 2.87. The molecule has 114 valence electrons. The summed E-state index contributed by atoms with van der Waals surface area (Å²) in [4.78, 5) is 0. The smallest absolute Gasteiger partial charge is 0.0748 e. The van der Waals surface area contributed by atoms with Crippen molar-refractivity contribution in [3.63, 3.8) is 0 Å². The van der Waals surface area contributed by atoms with Gasteiger partial charge in [0.1, 0.15) is 0 Å². The first kappa shape index (κ1) is 15.8. The van der Waals surface area contributed by atoms with Crippen LogP contribution in [0.3, 0.4) is 0 Å². The number of hydrogen-bond donors (Lipinski definition) is 1. The molecule has 0 radical (unpaired) electrons. The fourth-order valence-electron chi connectivity index (χ4n) is 2.87. The van der Waals surface area contributed by atoms with Crippen molar-refractivity contribution < 1.29 is 0 Å². The monoisotopic (exact) mass is 285 g/mol. The van der Waals surface area contributed by atoms with Gasteiger partial charge in [0, 0.05) is 7.05 Å². The van der Waals surface area contributed by atoms with E-state index < -0.39 is 0 Å². The van der Waals surface area contributed by atoms with Crippen LogP contribution in [0.5, 0.6) is 0 Å². The zero-order valence-electron chi connectivity index (χ0n) is 13.9. The highest BCUT2D eigenvalue weighted by Crippen LogP contribution is 2.24. The third kappa shape index (κ3) is 3.94. The van der Waals surface area contributed by atoms with Crippen molar-refractivity contribution in [2.24, 2.45) is 13.0 Å². The van der Waals surface area contributed by atoms with Gasteiger partial charge in [0.05, 0.1) is 17.4 Å². The average molecular weight is 285 g/mol. The van der Waals surface area contributed by atoms with Gasteiger partial charge in [0.25, 0.3) is 0 Å². The molecule has 21 heavy (non-hydrogen) atoms. The lowest BCUT2D eigenvalue weighted by atomic mass is 9.96. The minimum absolute atomic E-state index is 0.202. The summed E-state index contributed by atoms with van der Waals surface area (Å²) in [6, 6.07) is 11.3. The van der Waals surface area contributed by atoms with Gasteiger partial charge in [-0.2, -0.15) is 5.10 Å². The summed E-state index contributed by atoms with van der Waals surface area (Å²) in [6.45, 7) is 9.65. The van der Waals surface area contributed by atoms with Crippen LogP contribution < -0.4 is 5.32 Å². The Bertz CT molecular complexity index is 584. The molecule has 2 aromatic rings. The zero-order chi connectivity index (χ0) is 15.4. The molecule has 0 aliphatic carbocycles. The number of aryl methyl sites for hydroxylation is 2. The van der Waals surface area contributed by atoms with Crippen LogP contribution >= 0.6 is 0 Å². The molecule has 0 bridgehead atoms. The topological polar surface area (TPSA) is 29.9 Å². The van der Waals surface area contributed by atoms with Gasteiger partial charge in [0.15, 0.2) is 0 Å². The van der Waals surface area contributed by atoms with Crippen LogP contribution in [-0.2, 0) is 13.5 Å². The lowest BCUT2D eigenvalue weighted by molar-refractivity contribution is 0.570. The number of aromatic nitrogens is 2. The van der Waals surface area contributed by atoms with Crippen LogP contribution in [0.15, 0.2) is 30.3 Å². The van der Waals surface area contributed by atoms with Gasteiger partial charge in [-0.05, 0) is 43.0 Å². The van der Waals surface area contributed by atoms with Crippen molar-refractivity contribution >= 4 is 0 Å². The average Bonchev–Trinajstić information content (AvgIpc) is 2.74. The predicted molar refractivity (Wildman–Crippen MR) is 88.4 cm³/mol. The molecule has 0 saturated carbocycles. The van der Waals surface area contributed by atoms with Crippen LogP contribution in [0.25, 0.3) is 0 Å². The molecule has 1 atom stereocenters. The molecule has 1 unspecified atom stereocenters. The normalized spacial score (nSPS) is 12.9. The van der Waals surface area contributed by atoms with E-state index in [0.717, 1.165) is 18.7 Å². The maximum absolute atomic E-state index is 4.49. The Kier molecular flexibility index (Phi) is 5.18. The van der Waals surface area contributed by atoms with E-state index in [1.165, 1.54) is 16.8 Å². The second kappa shape index (κ2) is 6.90. The molecule has 0 fully saturated rings. The zero-order valence-corrected chi connectivity index (χ0v) is 13.9. The maximum Gasteiger partial charge on any atom is 0.0748 e. The van der Waals surface area contributed by atoms with E-state index in [1.807, 2.05) is 18.7 Å². The van der Waals surface area contributed by atoms with E-state index in [0.29, 0.717) is 5.92 Å². The maximum atomic E-state index is 4.49. The Labute approximate surface area is 128 Å². The summed E-state index contributed by atoms with van der Waals surface area (Å²) in [5, 5.41) is 8.08. The summed E-state index contributed by atoms with van der Waals surface area (Å²) in [5.74, 6) is 0.678. The van der Waals surface area contributed by atoms with E-state index >= 15 is 0 Å². The van der Waals surface area contributed by atoms with Crippen molar-refractivity contribution in [3.8, 4) is 0 Å². The van der Waals surface area contributed by atoms with E-state index in [4.69, 9.17) is 0 Å². The van der Waals surface area contributed by atoms with Gasteiger partial charge in [-0.1, -0.05) is 45.0 Å². The molecule has 0 aliphatic rings. The van der Waals surface area contributed by atoms with Crippen molar-refractivity contribution in [1.29, 1.82) is 0 Å². The highest BCUT2D eigenvalue weighted by atomic mass is 15.3. The first-order valence-electron chi connectivity index (χ1n) is 7.84. The number of hydrogen-bond acceptors (Lipinski definition) is 2. The Morgan fingerprint density at radius 2 is 2.00 bits per heavy atom. The van der Waals surface area contributed by atoms with Crippen LogP contribution in [0.2, 0.25) is 0 Å². The van der Waals surface area contributed by atoms with Gasteiger partial charge in [0.2, 0.25) is 0 Å². The summed E-state index contributed by atoms with van der Waals surface area (Å²) in [5.41, 5.74) is 5.01. The summed E-state index contributed by atoms with van der Waals surface area (Å²) >= 11 is 0. The van der Waals surface area contributed by atoms with Gasteiger partial charge in [-0.25, -0.2) is 0 Å². The molecule has 3 heteroatoms. The van der Waals surface area contributed by atoms with Crippen molar-refractivity contribution in [2.45, 2.75) is 40.2 Å². The lowest BCUT2D eigenvalue weighted by Gasteiger charge is -2.20. The predicted octanol–water partition coefficient (Wildman–Crippen LogP) is 3.63. The molecule has 1 N–H and O–H groups in total. The second-order valence-corrected chi connectivity index (χ2v) is 6.17. The number of nitrogens with zero attached hydrogens (tertiary/aromatic N) is 2. The van der Waals surface area contributed by atoms with Crippen molar-refractivity contribution in [2.75, 3.05) is 6.54 Å². The van der Waals surface area contributed by atoms with E-state index in [-0.39, 0.29) is 6.04 Å². The Hall–Kier alpha value is -1.61. The first-order chi connectivity index (χ1) is 10.0. The van der Waals surface area contributed by atoms with Crippen LogP contribution in [0.4, 0.5) is 0 Å². The second-order valence-electron chi connectivity index (χ2n) is 6.17. The molecule has 0 saturated heterocycles. The molecule has 0 amide bonds. The van der Waals surface area contributed by atoms with Crippen molar-refractivity contribution in [3.05, 3.63) is 52.8 Å². The molecule has 3 nitrogen and oxygen atoms in total. The van der Waals surface area contributed by atoms with E-state index in [9.17, 15) is 0 Å². The van der Waals surface area contributed by atoms with Crippen LogP contribution in [0, 0.1) is 12.8 Å². The van der Waals surface area contributed by atoms with E-state index in [1.54, 1.807) is 0 Å². The third-order valence-corrected chi connectivity index (χ3v) is 3.67. The van der Waals surface area contributed by atoms with Crippen LogP contribution in [-0.4, -0.2) is 16.3 Å². The fraction of sp³-hybridized carbons (Fsp3) is 0.500. The molecule has 0 spiro atoms. The molecular weight excluding hydrogens is 258 g/mol. The third-order valence-electron chi connectivity index (χ3n) is 3.67. The lowest BCUT2D eigenvalue weighted by Crippen LogP contribution is -2.24. The summed E-state index contributed by atoms with van der Waals surface area (Å²) in [6.07, 6.45) is 1.12. The quantitative estimate of drug-likeness (QED) is 0.878. The van der Waals surface area contributed by atoms with Gasteiger partial charge < -0.3 is 5.32 Å². The molecule has 2 rings (SSSR count). The highest BCUT2D eigenvalue weighted by molar-refractivity contribution is 5.32. The molecule has 1 heterocycles. The number of rotatable bonds is 6. The first-order valence-corrected chi connectivity index (χ1v) is 7.84.